The number of rotatable bonds is 6. The molecule has 0 bridgehead atoms. The van der Waals surface area contributed by atoms with Crippen molar-refractivity contribution < 1.29 is 9.53 Å². The van der Waals surface area contributed by atoms with E-state index >= 15 is 0 Å². The highest BCUT2D eigenvalue weighted by atomic mass is 16.5. The minimum Gasteiger partial charge on any atom is -0.489 e. The Bertz CT molecular complexity index is 693. The summed E-state index contributed by atoms with van der Waals surface area (Å²) in [6.07, 6.45) is 0. The molecular weight excluding hydrogens is 300 g/mol. The fourth-order valence-corrected chi connectivity index (χ4v) is 2.71. The van der Waals surface area contributed by atoms with E-state index in [0.29, 0.717) is 6.61 Å². The maximum absolute atomic E-state index is 12.0. The highest BCUT2D eigenvalue weighted by molar-refractivity contribution is 5.80. The van der Waals surface area contributed by atoms with E-state index in [1.54, 1.807) is 0 Å². The Morgan fingerprint density at radius 1 is 1.25 bits per heavy atom. The van der Waals surface area contributed by atoms with E-state index in [-0.39, 0.29) is 17.9 Å². The average molecular weight is 324 g/mol. The molecule has 4 heteroatoms. The maximum Gasteiger partial charge on any atom is 0.226 e. The zero-order valence-electron chi connectivity index (χ0n) is 14.2. The molecule has 2 aromatic rings. The predicted octanol–water partition coefficient (Wildman–Crippen LogP) is 2.97. The monoisotopic (exact) mass is 324 g/mol. The number of nitrogens with one attached hydrogen (secondary N) is 2. The van der Waals surface area contributed by atoms with Gasteiger partial charge in [0.05, 0.1) is 12.0 Å². The summed E-state index contributed by atoms with van der Waals surface area (Å²) in [4.78, 5) is 12.0. The first-order valence-corrected chi connectivity index (χ1v) is 8.41. The molecule has 0 spiro atoms. The number of hydrogen-bond donors (Lipinski definition) is 2. The van der Waals surface area contributed by atoms with Crippen LogP contribution < -0.4 is 15.4 Å². The second kappa shape index (κ2) is 7.49. The lowest BCUT2D eigenvalue weighted by Gasteiger charge is -2.27. The third-order valence-electron chi connectivity index (χ3n) is 4.38. The van der Waals surface area contributed by atoms with Crippen molar-refractivity contribution in [3.8, 4) is 5.75 Å². The van der Waals surface area contributed by atoms with Crippen molar-refractivity contribution in [1.82, 2.24) is 10.6 Å². The summed E-state index contributed by atoms with van der Waals surface area (Å²) >= 11 is 0. The van der Waals surface area contributed by atoms with E-state index in [1.165, 1.54) is 5.56 Å². The normalized spacial score (nSPS) is 15.4. The molecule has 3 rings (SSSR count). The zero-order chi connectivity index (χ0) is 16.9. The molecular formula is C20H24N2O2. The van der Waals surface area contributed by atoms with Crippen molar-refractivity contribution in [2.45, 2.75) is 26.5 Å². The molecule has 1 heterocycles. The van der Waals surface area contributed by atoms with Gasteiger partial charge in [0.2, 0.25) is 5.91 Å². The van der Waals surface area contributed by atoms with Crippen molar-refractivity contribution in [3.05, 3.63) is 65.2 Å². The molecule has 1 amide bonds. The molecule has 24 heavy (non-hydrogen) atoms. The fraction of sp³-hybridized carbons (Fsp3) is 0.350. The van der Waals surface area contributed by atoms with Crippen LogP contribution in [0.4, 0.5) is 0 Å². The van der Waals surface area contributed by atoms with Crippen molar-refractivity contribution >= 4 is 5.91 Å². The molecule has 1 saturated heterocycles. The quantitative estimate of drug-likeness (QED) is 0.859. The summed E-state index contributed by atoms with van der Waals surface area (Å²) in [5.41, 5.74) is 3.48. The van der Waals surface area contributed by atoms with E-state index in [2.05, 4.69) is 35.8 Å². The van der Waals surface area contributed by atoms with Gasteiger partial charge >= 0.3 is 0 Å². The molecule has 1 unspecified atom stereocenters. The lowest BCUT2D eigenvalue weighted by Crippen LogP contribution is -2.51. The zero-order valence-corrected chi connectivity index (χ0v) is 14.2. The minimum atomic E-state index is 0.00363. The van der Waals surface area contributed by atoms with Crippen LogP contribution in [0.15, 0.2) is 48.5 Å². The highest BCUT2D eigenvalue weighted by Gasteiger charge is 2.25. The molecule has 126 valence electrons. The Balaban J connectivity index is 1.53. The topological polar surface area (TPSA) is 50.4 Å². The van der Waals surface area contributed by atoms with Gasteiger partial charge in [0.15, 0.2) is 0 Å². The molecule has 2 aromatic carbocycles. The standard InChI is InChI=1S/C20H24N2O2/c1-14-4-3-5-16(10-14)13-24-19-8-6-17(7-9-19)15(2)22-20(23)18-11-21-12-18/h3-10,15,18,21H,11-13H2,1-2H3,(H,22,23). The summed E-state index contributed by atoms with van der Waals surface area (Å²) in [5, 5.41) is 6.18. The third kappa shape index (κ3) is 4.15. The Morgan fingerprint density at radius 3 is 2.62 bits per heavy atom. The number of benzene rings is 2. The molecule has 1 atom stereocenters. The van der Waals surface area contributed by atoms with Crippen LogP contribution in [-0.4, -0.2) is 19.0 Å². The Morgan fingerprint density at radius 2 is 2.00 bits per heavy atom. The van der Waals surface area contributed by atoms with Crippen LogP contribution in [-0.2, 0) is 11.4 Å². The summed E-state index contributed by atoms with van der Waals surface area (Å²) in [7, 11) is 0. The van der Waals surface area contributed by atoms with Crippen LogP contribution in [0.2, 0.25) is 0 Å². The second-order valence-electron chi connectivity index (χ2n) is 6.43. The number of carbonyl (C=O) groups excluding carboxylic acids is 1. The van der Waals surface area contributed by atoms with Crippen LogP contribution >= 0.6 is 0 Å². The Kier molecular flexibility index (Phi) is 5.16. The van der Waals surface area contributed by atoms with E-state index in [9.17, 15) is 4.79 Å². The van der Waals surface area contributed by atoms with Crippen LogP contribution in [0.5, 0.6) is 5.75 Å². The predicted molar refractivity (Wildman–Crippen MR) is 94.9 cm³/mol. The number of ether oxygens (including phenoxy) is 1. The van der Waals surface area contributed by atoms with Gasteiger partial charge in [-0.3, -0.25) is 4.79 Å². The molecule has 0 radical (unpaired) electrons. The van der Waals surface area contributed by atoms with Gasteiger partial charge in [-0.25, -0.2) is 0 Å². The van der Waals surface area contributed by atoms with E-state index in [0.717, 1.165) is 30.0 Å². The lowest BCUT2D eigenvalue weighted by molar-refractivity contribution is -0.127. The van der Waals surface area contributed by atoms with Crippen LogP contribution in [0.1, 0.15) is 29.7 Å². The molecule has 1 aliphatic heterocycles. The molecule has 1 aliphatic rings. The van der Waals surface area contributed by atoms with Crippen molar-refractivity contribution in [3.63, 3.8) is 0 Å². The maximum atomic E-state index is 12.0. The van der Waals surface area contributed by atoms with Crippen LogP contribution in [0.3, 0.4) is 0 Å². The average Bonchev–Trinajstić information content (AvgIpc) is 2.51. The molecule has 1 fully saturated rings. The van der Waals surface area contributed by atoms with Gasteiger partial charge in [0.1, 0.15) is 12.4 Å². The lowest BCUT2D eigenvalue weighted by atomic mass is 10.0. The van der Waals surface area contributed by atoms with E-state index in [1.807, 2.05) is 37.3 Å². The number of aryl methyl sites for hydroxylation is 1. The van der Waals surface area contributed by atoms with Gasteiger partial charge in [-0.15, -0.1) is 0 Å². The number of amides is 1. The smallest absolute Gasteiger partial charge is 0.226 e. The minimum absolute atomic E-state index is 0.00363. The first-order valence-electron chi connectivity index (χ1n) is 8.41. The molecule has 0 aromatic heterocycles. The van der Waals surface area contributed by atoms with E-state index < -0.39 is 0 Å². The first kappa shape index (κ1) is 16.5. The Hall–Kier alpha value is -2.33. The largest absolute Gasteiger partial charge is 0.489 e. The SMILES string of the molecule is Cc1cccc(COc2ccc(C(C)NC(=O)C3CNC3)cc2)c1. The van der Waals surface area contributed by atoms with Crippen molar-refractivity contribution in [1.29, 1.82) is 0 Å². The van der Waals surface area contributed by atoms with Crippen LogP contribution in [0, 0.1) is 12.8 Å². The van der Waals surface area contributed by atoms with Crippen LogP contribution in [0.25, 0.3) is 0 Å². The van der Waals surface area contributed by atoms with Gasteiger partial charge in [-0.1, -0.05) is 42.0 Å². The fourth-order valence-electron chi connectivity index (χ4n) is 2.71. The van der Waals surface area contributed by atoms with E-state index in [4.69, 9.17) is 4.74 Å². The third-order valence-corrected chi connectivity index (χ3v) is 4.38. The highest BCUT2D eigenvalue weighted by Crippen LogP contribution is 2.19. The number of carbonyl (C=O) groups is 1. The Labute approximate surface area is 143 Å². The summed E-state index contributed by atoms with van der Waals surface area (Å²) < 4.78 is 5.83. The molecule has 0 aliphatic carbocycles. The molecule has 4 nitrogen and oxygen atoms in total. The van der Waals surface area contributed by atoms with Crippen molar-refractivity contribution in [2.24, 2.45) is 5.92 Å². The first-order chi connectivity index (χ1) is 11.6. The second-order valence-corrected chi connectivity index (χ2v) is 6.43. The summed E-state index contributed by atoms with van der Waals surface area (Å²) in [6, 6.07) is 16.2. The molecule has 0 saturated carbocycles. The van der Waals surface area contributed by atoms with Gasteiger partial charge in [0, 0.05) is 13.1 Å². The molecule has 2 N–H and O–H groups in total. The van der Waals surface area contributed by atoms with Gasteiger partial charge < -0.3 is 15.4 Å². The summed E-state index contributed by atoms with van der Waals surface area (Å²) in [5.74, 6) is 1.08. The summed E-state index contributed by atoms with van der Waals surface area (Å²) in [6.45, 7) is 6.21. The van der Waals surface area contributed by atoms with Crippen molar-refractivity contribution in [2.75, 3.05) is 13.1 Å². The van der Waals surface area contributed by atoms with Gasteiger partial charge in [-0.05, 0) is 37.1 Å². The van der Waals surface area contributed by atoms with Gasteiger partial charge in [0.25, 0.3) is 0 Å². The van der Waals surface area contributed by atoms with Gasteiger partial charge in [-0.2, -0.15) is 0 Å². The number of hydrogen-bond acceptors (Lipinski definition) is 3.